The van der Waals surface area contributed by atoms with Gasteiger partial charge in [0.25, 0.3) is 0 Å². The Bertz CT molecular complexity index is 227. The molecule has 0 aromatic carbocycles. The van der Waals surface area contributed by atoms with E-state index < -0.39 is 0 Å². The van der Waals surface area contributed by atoms with Crippen molar-refractivity contribution >= 4 is 5.71 Å². The summed E-state index contributed by atoms with van der Waals surface area (Å²) in [5.74, 6) is 0. The molecule has 0 spiro atoms. The third kappa shape index (κ3) is 2.41. The number of hydrogen-bond acceptors (Lipinski definition) is 2. The summed E-state index contributed by atoms with van der Waals surface area (Å²) in [6, 6.07) is 0.645. The van der Waals surface area contributed by atoms with Crippen molar-refractivity contribution in [3.05, 3.63) is 0 Å². The summed E-state index contributed by atoms with van der Waals surface area (Å²) < 4.78 is 0. The largest absolute Gasteiger partial charge is 0.295 e. The Morgan fingerprint density at radius 3 is 2.27 bits per heavy atom. The lowest BCUT2D eigenvalue weighted by Crippen LogP contribution is -2.32. The van der Waals surface area contributed by atoms with Crippen molar-refractivity contribution in [1.82, 2.24) is 4.90 Å². The first-order valence-corrected chi connectivity index (χ1v) is 6.37. The van der Waals surface area contributed by atoms with Gasteiger partial charge in [-0.1, -0.05) is 13.8 Å². The Labute approximate surface area is 94.8 Å². The Morgan fingerprint density at radius 2 is 1.87 bits per heavy atom. The second-order valence-electron chi connectivity index (χ2n) is 4.91. The van der Waals surface area contributed by atoms with Crippen LogP contribution in [0.25, 0.3) is 0 Å². The fraction of sp³-hybridized carbons (Fsp3) is 0.923. The SMILES string of the molecule is CCN=C1CN(C(C)C)CC1(CC)CC. The predicted octanol–water partition coefficient (Wildman–Crippen LogP) is 2.98. The van der Waals surface area contributed by atoms with Crippen LogP contribution in [0.5, 0.6) is 0 Å². The first-order chi connectivity index (χ1) is 7.09. The van der Waals surface area contributed by atoms with Crippen molar-refractivity contribution in [2.24, 2.45) is 10.4 Å². The third-order valence-electron chi connectivity index (χ3n) is 3.90. The van der Waals surface area contributed by atoms with Gasteiger partial charge in [-0.15, -0.1) is 0 Å². The van der Waals surface area contributed by atoms with Crippen LogP contribution in [-0.2, 0) is 0 Å². The van der Waals surface area contributed by atoms with E-state index in [1.54, 1.807) is 0 Å². The lowest BCUT2D eigenvalue weighted by Gasteiger charge is -2.28. The van der Waals surface area contributed by atoms with E-state index >= 15 is 0 Å². The number of nitrogens with zero attached hydrogens (tertiary/aromatic N) is 2. The molecule has 1 aliphatic rings. The maximum Gasteiger partial charge on any atom is 0.0372 e. The average Bonchev–Trinajstić information content (AvgIpc) is 2.58. The normalized spacial score (nSPS) is 24.3. The highest BCUT2D eigenvalue weighted by atomic mass is 15.2. The second kappa shape index (κ2) is 5.11. The summed E-state index contributed by atoms with van der Waals surface area (Å²) in [7, 11) is 0. The fourth-order valence-electron chi connectivity index (χ4n) is 2.55. The Morgan fingerprint density at radius 1 is 1.27 bits per heavy atom. The van der Waals surface area contributed by atoms with Gasteiger partial charge in [-0.25, -0.2) is 0 Å². The zero-order chi connectivity index (χ0) is 11.5. The van der Waals surface area contributed by atoms with Crippen molar-refractivity contribution in [3.63, 3.8) is 0 Å². The van der Waals surface area contributed by atoms with E-state index in [9.17, 15) is 0 Å². The van der Waals surface area contributed by atoms with Gasteiger partial charge in [-0.3, -0.25) is 9.89 Å². The molecule has 0 aromatic rings. The van der Waals surface area contributed by atoms with Gasteiger partial charge in [-0.05, 0) is 33.6 Å². The number of likely N-dealkylation sites (tertiary alicyclic amines) is 1. The van der Waals surface area contributed by atoms with Crippen molar-refractivity contribution < 1.29 is 0 Å². The van der Waals surface area contributed by atoms with Crippen LogP contribution in [0.15, 0.2) is 4.99 Å². The summed E-state index contributed by atoms with van der Waals surface area (Å²) in [5.41, 5.74) is 1.82. The molecule has 2 heteroatoms. The molecule has 0 radical (unpaired) electrons. The van der Waals surface area contributed by atoms with Gasteiger partial charge in [0.15, 0.2) is 0 Å². The van der Waals surface area contributed by atoms with E-state index in [0.717, 1.165) is 13.1 Å². The summed E-state index contributed by atoms with van der Waals surface area (Å²) in [5, 5.41) is 0. The van der Waals surface area contributed by atoms with E-state index in [-0.39, 0.29) is 0 Å². The second-order valence-corrected chi connectivity index (χ2v) is 4.91. The molecule has 1 fully saturated rings. The highest BCUT2D eigenvalue weighted by Crippen LogP contribution is 2.35. The van der Waals surface area contributed by atoms with Gasteiger partial charge in [0.1, 0.15) is 0 Å². The minimum atomic E-state index is 0.375. The number of hydrogen-bond donors (Lipinski definition) is 0. The highest BCUT2D eigenvalue weighted by molar-refractivity contribution is 5.94. The van der Waals surface area contributed by atoms with Crippen LogP contribution in [0.1, 0.15) is 47.5 Å². The molecule has 0 aromatic heterocycles. The smallest absolute Gasteiger partial charge is 0.0372 e. The first kappa shape index (κ1) is 12.7. The predicted molar refractivity (Wildman–Crippen MR) is 67.7 cm³/mol. The lowest BCUT2D eigenvalue weighted by atomic mass is 9.80. The highest BCUT2D eigenvalue weighted by Gasteiger charge is 2.41. The maximum absolute atomic E-state index is 4.73. The van der Waals surface area contributed by atoms with Gasteiger partial charge >= 0.3 is 0 Å². The average molecular weight is 210 g/mol. The Hall–Kier alpha value is -0.370. The van der Waals surface area contributed by atoms with Crippen molar-refractivity contribution in [2.75, 3.05) is 19.6 Å². The van der Waals surface area contributed by atoms with Crippen molar-refractivity contribution in [1.29, 1.82) is 0 Å². The van der Waals surface area contributed by atoms with E-state index in [4.69, 9.17) is 4.99 Å². The van der Waals surface area contributed by atoms with E-state index in [2.05, 4.69) is 39.5 Å². The molecule has 88 valence electrons. The van der Waals surface area contributed by atoms with Gasteiger partial charge in [0.05, 0.1) is 0 Å². The molecular weight excluding hydrogens is 184 g/mol. The molecule has 0 amide bonds. The summed E-state index contributed by atoms with van der Waals surface area (Å²) >= 11 is 0. The molecule has 0 bridgehead atoms. The minimum Gasteiger partial charge on any atom is -0.295 e. The van der Waals surface area contributed by atoms with Crippen molar-refractivity contribution in [2.45, 2.75) is 53.5 Å². The lowest BCUT2D eigenvalue weighted by molar-refractivity contribution is 0.220. The molecule has 0 atom stereocenters. The molecule has 1 aliphatic heterocycles. The number of rotatable bonds is 4. The zero-order valence-corrected chi connectivity index (χ0v) is 11.0. The van der Waals surface area contributed by atoms with Crippen LogP contribution >= 0.6 is 0 Å². The molecule has 0 aliphatic carbocycles. The summed E-state index contributed by atoms with van der Waals surface area (Å²) in [4.78, 5) is 7.28. The van der Waals surface area contributed by atoms with Gasteiger partial charge in [0.2, 0.25) is 0 Å². The first-order valence-electron chi connectivity index (χ1n) is 6.37. The van der Waals surface area contributed by atoms with E-state index in [1.165, 1.54) is 25.1 Å². The van der Waals surface area contributed by atoms with Crippen LogP contribution in [0.4, 0.5) is 0 Å². The number of aliphatic imine (C=N–C) groups is 1. The van der Waals surface area contributed by atoms with Crippen LogP contribution in [0, 0.1) is 5.41 Å². The fourth-order valence-corrected chi connectivity index (χ4v) is 2.55. The molecule has 1 saturated heterocycles. The van der Waals surface area contributed by atoms with E-state index in [1.807, 2.05) is 0 Å². The summed E-state index contributed by atoms with van der Waals surface area (Å²) in [6.45, 7) is 14.5. The molecule has 0 saturated carbocycles. The molecule has 0 N–H and O–H groups in total. The zero-order valence-electron chi connectivity index (χ0n) is 11.0. The quantitative estimate of drug-likeness (QED) is 0.696. The minimum absolute atomic E-state index is 0.375. The Kier molecular flexibility index (Phi) is 4.32. The molecule has 2 nitrogen and oxygen atoms in total. The molecular formula is C13H26N2. The van der Waals surface area contributed by atoms with Crippen LogP contribution in [0.3, 0.4) is 0 Å². The Balaban J connectivity index is 2.89. The maximum atomic E-state index is 4.73. The monoisotopic (exact) mass is 210 g/mol. The molecule has 1 rings (SSSR count). The molecule has 15 heavy (non-hydrogen) atoms. The third-order valence-corrected chi connectivity index (χ3v) is 3.90. The van der Waals surface area contributed by atoms with Gasteiger partial charge in [-0.2, -0.15) is 0 Å². The topological polar surface area (TPSA) is 15.6 Å². The van der Waals surface area contributed by atoms with Crippen molar-refractivity contribution in [3.8, 4) is 0 Å². The van der Waals surface area contributed by atoms with Crippen LogP contribution in [0.2, 0.25) is 0 Å². The van der Waals surface area contributed by atoms with Crippen LogP contribution < -0.4 is 0 Å². The van der Waals surface area contributed by atoms with E-state index in [0.29, 0.717) is 11.5 Å². The van der Waals surface area contributed by atoms with Gasteiger partial charge < -0.3 is 0 Å². The standard InChI is InChI=1S/C13H26N2/c1-6-13(7-2)10-15(11(4)5)9-12(13)14-8-3/h11H,6-10H2,1-5H3. The summed E-state index contributed by atoms with van der Waals surface area (Å²) in [6.07, 6.45) is 2.46. The molecule has 1 heterocycles. The van der Waals surface area contributed by atoms with Gasteiger partial charge in [0, 0.05) is 36.8 Å². The molecule has 0 unspecified atom stereocenters. The van der Waals surface area contributed by atoms with Crippen LogP contribution in [-0.4, -0.2) is 36.3 Å².